The molecule has 0 aromatic rings. The Kier molecular flexibility index (Phi) is 1.21. The molecule has 0 radical (unpaired) electrons. The number of hydrogen-bond donors (Lipinski definition) is 1. The molecule has 1 saturated heterocycles. The van der Waals surface area contributed by atoms with Crippen molar-refractivity contribution in [1.29, 1.82) is 0 Å². The number of nitrogens with zero attached hydrogens (tertiary/aromatic N) is 2. The fourth-order valence-electron chi connectivity index (χ4n) is 1.26. The molecule has 0 saturated carbocycles. The molecule has 0 aromatic carbocycles. The van der Waals surface area contributed by atoms with E-state index in [1.807, 2.05) is 6.92 Å². The molecule has 2 aliphatic heterocycles. The molecule has 11 heavy (non-hydrogen) atoms. The molecule has 1 amide bonds. The quantitative estimate of drug-likeness (QED) is 0.516. The van der Waals surface area contributed by atoms with Crippen LogP contribution in [0.25, 0.3) is 0 Å². The third kappa shape index (κ3) is 0.824. The van der Waals surface area contributed by atoms with Gasteiger partial charge in [0.15, 0.2) is 0 Å². The second kappa shape index (κ2) is 2.08. The van der Waals surface area contributed by atoms with Crippen LogP contribution in [0.2, 0.25) is 0 Å². The summed E-state index contributed by atoms with van der Waals surface area (Å²) in [6.07, 6.45) is 3.39. The van der Waals surface area contributed by atoms with Gasteiger partial charge in [0.05, 0.1) is 12.7 Å². The minimum Gasteiger partial charge on any atom is -0.359 e. The average molecular weight is 151 g/mol. The minimum absolute atomic E-state index is 0.0945. The largest absolute Gasteiger partial charge is 0.359 e. The maximum absolute atomic E-state index is 11.3. The third-order valence-electron chi connectivity index (χ3n) is 1.86. The maximum Gasteiger partial charge on any atom is 0.250 e. The fourth-order valence-corrected chi connectivity index (χ4v) is 1.26. The third-order valence-corrected chi connectivity index (χ3v) is 1.86. The predicted octanol–water partition coefficient (Wildman–Crippen LogP) is -0.310. The lowest BCUT2D eigenvalue weighted by atomic mass is 10.3. The van der Waals surface area contributed by atoms with Crippen molar-refractivity contribution in [2.24, 2.45) is 4.99 Å². The van der Waals surface area contributed by atoms with Gasteiger partial charge in [-0.2, -0.15) is 0 Å². The molecule has 0 spiro atoms. The van der Waals surface area contributed by atoms with Gasteiger partial charge in [-0.3, -0.25) is 14.7 Å². The van der Waals surface area contributed by atoms with Crippen LogP contribution in [-0.4, -0.2) is 29.6 Å². The lowest BCUT2D eigenvalue weighted by Crippen LogP contribution is -2.30. The van der Waals surface area contributed by atoms with Crippen LogP contribution in [0.5, 0.6) is 0 Å². The van der Waals surface area contributed by atoms with Crippen molar-refractivity contribution in [1.82, 2.24) is 10.2 Å². The SMILES string of the molecule is CC1NC2=CN=CCN2C1=O. The van der Waals surface area contributed by atoms with E-state index in [2.05, 4.69) is 10.3 Å². The van der Waals surface area contributed by atoms with Gasteiger partial charge in [-0.1, -0.05) is 0 Å². The highest BCUT2D eigenvalue weighted by atomic mass is 16.2. The number of fused-ring (bicyclic) bond motifs is 1. The number of rotatable bonds is 0. The Balaban J connectivity index is 2.30. The Morgan fingerprint density at radius 3 is 3.36 bits per heavy atom. The van der Waals surface area contributed by atoms with Crippen LogP contribution >= 0.6 is 0 Å². The first-order valence-electron chi connectivity index (χ1n) is 3.59. The molecule has 4 heteroatoms. The molecule has 2 rings (SSSR count). The average Bonchev–Trinajstić information content (AvgIpc) is 2.30. The number of carbonyl (C=O) groups excluding carboxylic acids is 1. The summed E-state index contributed by atoms with van der Waals surface area (Å²) in [7, 11) is 0. The van der Waals surface area contributed by atoms with Gasteiger partial charge in [0, 0.05) is 6.21 Å². The second-order valence-electron chi connectivity index (χ2n) is 2.66. The van der Waals surface area contributed by atoms with Gasteiger partial charge >= 0.3 is 0 Å². The number of amides is 1. The fraction of sp³-hybridized carbons (Fsp3) is 0.429. The van der Waals surface area contributed by atoms with E-state index in [0.29, 0.717) is 6.54 Å². The number of nitrogens with one attached hydrogen (secondary N) is 1. The summed E-state index contributed by atoms with van der Waals surface area (Å²) in [5.74, 6) is 0.951. The van der Waals surface area contributed by atoms with Crippen LogP contribution in [0, 0.1) is 0 Å². The Bertz CT molecular complexity index is 256. The first kappa shape index (κ1) is 6.39. The highest BCUT2D eigenvalue weighted by Gasteiger charge is 2.31. The molecular weight excluding hydrogens is 142 g/mol. The summed E-state index contributed by atoms with van der Waals surface area (Å²) >= 11 is 0. The molecule has 4 nitrogen and oxygen atoms in total. The maximum atomic E-state index is 11.3. The standard InChI is InChI=1S/C7H9N3O/c1-5-7(11)10-3-2-8-4-6(10)9-5/h2,4-5,9H,3H2,1H3. The predicted molar refractivity (Wildman–Crippen MR) is 40.9 cm³/mol. The highest BCUT2D eigenvalue weighted by molar-refractivity contribution is 5.88. The number of carbonyl (C=O) groups is 1. The highest BCUT2D eigenvalue weighted by Crippen LogP contribution is 2.14. The Hall–Kier alpha value is -1.32. The second-order valence-corrected chi connectivity index (χ2v) is 2.66. The summed E-state index contributed by atoms with van der Waals surface area (Å²) in [5, 5.41) is 3.03. The van der Waals surface area contributed by atoms with Crippen LogP contribution in [0.15, 0.2) is 17.0 Å². The molecule has 1 unspecified atom stereocenters. The molecule has 1 N–H and O–H groups in total. The number of aliphatic imine (C=N–C) groups is 1. The summed E-state index contributed by atoms with van der Waals surface area (Å²) in [4.78, 5) is 16.9. The van der Waals surface area contributed by atoms with E-state index < -0.39 is 0 Å². The zero-order valence-corrected chi connectivity index (χ0v) is 6.24. The minimum atomic E-state index is -0.0945. The molecule has 1 atom stereocenters. The van der Waals surface area contributed by atoms with E-state index in [1.165, 1.54) is 0 Å². The van der Waals surface area contributed by atoms with E-state index in [4.69, 9.17) is 0 Å². The normalized spacial score (nSPS) is 28.1. The van der Waals surface area contributed by atoms with Crippen molar-refractivity contribution in [2.45, 2.75) is 13.0 Å². The summed E-state index contributed by atoms with van der Waals surface area (Å²) < 4.78 is 0. The molecule has 0 bridgehead atoms. The van der Waals surface area contributed by atoms with E-state index in [-0.39, 0.29) is 11.9 Å². The van der Waals surface area contributed by atoms with E-state index in [1.54, 1.807) is 17.3 Å². The van der Waals surface area contributed by atoms with Crippen LogP contribution in [0.1, 0.15) is 6.92 Å². The lowest BCUT2D eigenvalue weighted by molar-refractivity contribution is -0.127. The van der Waals surface area contributed by atoms with Gasteiger partial charge in [-0.25, -0.2) is 0 Å². The van der Waals surface area contributed by atoms with Crippen molar-refractivity contribution in [3.8, 4) is 0 Å². The summed E-state index contributed by atoms with van der Waals surface area (Å²) in [5.41, 5.74) is 0. The summed E-state index contributed by atoms with van der Waals surface area (Å²) in [6.45, 7) is 2.45. The van der Waals surface area contributed by atoms with Crippen LogP contribution in [0.4, 0.5) is 0 Å². The number of hydrogen-bond acceptors (Lipinski definition) is 3. The van der Waals surface area contributed by atoms with E-state index in [0.717, 1.165) is 5.82 Å². The van der Waals surface area contributed by atoms with Crippen molar-refractivity contribution >= 4 is 12.1 Å². The van der Waals surface area contributed by atoms with Gasteiger partial charge in [-0.05, 0) is 6.92 Å². The zero-order valence-electron chi connectivity index (χ0n) is 6.24. The lowest BCUT2D eigenvalue weighted by Gasteiger charge is -2.15. The van der Waals surface area contributed by atoms with Crippen molar-refractivity contribution in [3.63, 3.8) is 0 Å². The molecule has 1 fully saturated rings. The van der Waals surface area contributed by atoms with Crippen molar-refractivity contribution < 1.29 is 4.79 Å². The first-order chi connectivity index (χ1) is 5.29. The Morgan fingerprint density at radius 2 is 2.64 bits per heavy atom. The summed E-state index contributed by atoms with van der Waals surface area (Å²) in [6, 6.07) is -0.0945. The van der Waals surface area contributed by atoms with E-state index >= 15 is 0 Å². The molecule has 0 aliphatic carbocycles. The van der Waals surface area contributed by atoms with Crippen molar-refractivity contribution in [3.05, 3.63) is 12.0 Å². The Morgan fingerprint density at radius 1 is 1.82 bits per heavy atom. The molecule has 2 aliphatic rings. The Labute approximate surface area is 64.6 Å². The molecule has 0 aromatic heterocycles. The monoisotopic (exact) mass is 151 g/mol. The van der Waals surface area contributed by atoms with Crippen LogP contribution < -0.4 is 5.32 Å². The molecule has 2 heterocycles. The van der Waals surface area contributed by atoms with Gasteiger partial charge in [0.25, 0.3) is 5.91 Å². The van der Waals surface area contributed by atoms with Crippen LogP contribution in [-0.2, 0) is 4.79 Å². The topological polar surface area (TPSA) is 44.7 Å². The van der Waals surface area contributed by atoms with Crippen LogP contribution in [0.3, 0.4) is 0 Å². The van der Waals surface area contributed by atoms with Gasteiger partial charge in [-0.15, -0.1) is 0 Å². The van der Waals surface area contributed by atoms with Gasteiger partial charge in [0.1, 0.15) is 11.9 Å². The van der Waals surface area contributed by atoms with Crippen molar-refractivity contribution in [2.75, 3.05) is 6.54 Å². The molecule has 58 valence electrons. The molecular formula is C7H9N3O. The van der Waals surface area contributed by atoms with Gasteiger partial charge < -0.3 is 5.32 Å². The first-order valence-corrected chi connectivity index (χ1v) is 3.59. The van der Waals surface area contributed by atoms with E-state index in [9.17, 15) is 4.79 Å². The van der Waals surface area contributed by atoms with Gasteiger partial charge in [0.2, 0.25) is 0 Å². The smallest absolute Gasteiger partial charge is 0.250 e. The zero-order chi connectivity index (χ0) is 7.84.